The van der Waals surface area contributed by atoms with Crippen molar-refractivity contribution in [2.45, 2.75) is 26.3 Å². The fraction of sp³-hybridized carbons (Fsp3) is 0.500. The van der Waals surface area contributed by atoms with Gasteiger partial charge in [-0.15, -0.1) is 5.10 Å². The van der Waals surface area contributed by atoms with Gasteiger partial charge in [-0.1, -0.05) is 11.3 Å². The Kier molecular flexibility index (Phi) is 3.75. The molecule has 1 aliphatic heterocycles. The largest absolute Gasteiger partial charge is 0.360 e. The smallest absolute Gasteiger partial charge is 0.223 e. The summed E-state index contributed by atoms with van der Waals surface area (Å²) in [5, 5.41) is 13.1. The third-order valence-electron chi connectivity index (χ3n) is 4.96. The predicted octanol–water partition coefficient (Wildman–Crippen LogP) is 1.77. The van der Waals surface area contributed by atoms with Crippen LogP contribution in [0.1, 0.15) is 29.4 Å². The first-order chi connectivity index (χ1) is 11.9. The molecule has 3 aromatic rings. The van der Waals surface area contributed by atoms with Crippen LogP contribution >= 0.6 is 11.3 Å². The molecule has 0 aromatic carbocycles. The van der Waals surface area contributed by atoms with E-state index in [0.717, 1.165) is 27.0 Å². The average Bonchev–Trinajstić information content (AvgIpc) is 3.25. The van der Waals surface area contributed by atoms with Crippen LogP contribution in [0.2, 0.25) is 0 Å². The van der Waals surface area contributed by atoms with E-state index < -0.39 is 0 Å². The van der Waals surface area contributed by atoms with Crippen LogP contribution < -0.4 is 5.32 Å². The predicted molar refractivity (Wildman–Crippen MR) is 95.7 cm³/mol. The van der Waals surface area contributed by atoms with Crippen molar-refractivity contribution in [3.63, 3.8) is 0 Å². The number of nitrogens with one attached hydrogen (secondary N) is 1. The van der Waals surface area contributed by atoms with Crippen molar-refractivity contribution in [3.05, 3.63) is 29.3 Å². The number of nitrogens with zero attached hydrogens (tertiary/aromatic N) is 6. The molecule has 9 heteroatoms. The number of hydrogen-bond acceptors (Lipinski definition) is 6. The van der Waals surface area contributed by atoms with Crippen molar-refractivity contribution in [2.24, 2.45) is 13.0 Å². The molecule has 3 aromatic heterocycles. The maximum Gasteiger partial charge on any atom is 0.223 e. The second-order valence-electron chi connectivity index (χ2n) is 6.62. The molecule has 1 aliphatic rings. The molecule has 4 heterocycles. The molecular weight excluding hydrogens is 338 g/mol. The minimum absolute atomic E-state index is 0.0417. The zero-order valence-electron chi connectivity index (χ0n) is 14.7. The SMILES string of the molecule is Cc1cn2nc(NC[C@@H]3CC(=O)N(C)[C@H]3c3cnn(C)c3C)sc2n1. The maximum atomic E-state index is 12.3. The van der Waals surface area contributed by atoms with Gasteiger partial charge < -0.3 is 10.2 Å². The number of anilines is 1. The van der Waals surface area contributed by atoms with Gasteiger partial charge in [-0.2, -0.15) is 5.10 Å². The summed E-state index contributed by atoms with van der Waals surface area (Å²) in [5.74, 6) is 0.350. The Morgan fingerprint density at radius 3 is 2.84 bits per heavy atom. The van der Waals surface area contributed by atoms with Gasteiger partial charge in [-0.05, 0) is 13.8 Å². The summed E-state index contributed by atoms with van der Waals surface area (Å²) in [6.45, 7) is 4.68. The monoisotopic (exact) mass is 359 g/mol. The molecule has 8 nitrogen and oxygen atoms in total. The number of fused-ring (bicyclic) bond motifs is 1. The molecule has 132 valence electrons. The topological polar surface area (TPSA) is 80.4 Å². The Morgan fingerprint density at radius 2 is 2.16 bits per heavy atom. The Bertz CT molecular complexity index is 908. The van der Waals surface area contributed by atoms with Gasteiger partial charge in [0.1, 0.15) is 0 Å². The molecule has 1 saturated heterocycles. The molecule has 0 spiro atoms. The van der Waals surface area contributed by atoms with Gasteiger partial charge in [-0.25, -0.2) is 9.50 Å². The van der Waals surface area contributed by atoms with E-state index >= 15 is 0 Å². The molecule has 0 bridgehead atoms. The standard InChI is InChI=1S/C16H21N7OS/c1-9-8-23-16(19-9)25-15(20-23)17-6-11-5-13(24)21(3)14(11)12-7-18-22(4)10(12)2/h7-8,11,14H,5-6H2,1-4H3,(H,17,20)/t11-,14+/m0/s1. The average molecular weight is 359 g/mol. The number of imidazole rings is 1. The van der Waals surface area contributed by atoms with E-state index in [1.807, 2.05) is 49.9 Å². The van der Waals surface area contributed by atoms with Gasteiger partial charge in [0.25, 0.3) is 0 Å². The summed E-state index contributed by atoms with van der Waals surface area (Å²) >= 11 is 1.52. The minimum atomic E-state index is 0.0417. The van der Waals surface area contributed by atoms with Gasteiger partial charge in [-0.3, -0.25) is 9.48 Å². The summed E-state index contributed by atoms with van der Waals surface area (Å²) in [6, 6.07) is 0.0417. The maximum absolute atomic E-state index is 12.3. The van der Waals surface area contributed by atoms with Crippen molar-refractivity contribution >= 4 is 27.3 Å². The number of amides is 1. The number of likely N-dealkylation sites (tertiary alicyclic amines) is 1. The number of carbonyl (C=O) groups is 1. The normalized spacial score (nSPS) is 20.8. The van der Waals surface area contributed by atoms with Gasteiger partial charge in [0.2, 0.25) is 16.0 Å². The number of hydrogen-bond donors (Lipinski definition) is 1. The fourth-order valence-electron chi connectivity index (χ4n) is 3.50. The van der Waals surface area contributed by atoms with Gasteiger partial charge in [0.05, 0.1) is 24.1 Å². The molecule has 0 radical (unpaired) electrons. The Balaban J connectivity index is 1.54. The summed E-state index contributed by atoms with van der Waals surface area (Å²) in [5.41, 5.74) is 3.17. The van der Waals surface area contributed by atoms with Crippen LogP contribution in [0.3, 0.4) is 0 Å². The molecule has 4 rings (SSSR count). The Labute approximate surface area is 149 Å². The van der Waals surface area contributed by atoms with Crippen LogP contribution in [-0.4, -0.2) is 48.8 Å². The summed E-state index contributed by atoms with van der Waals surface area (Å²) < 4.78 is 3.64. The highest BCUT2D eigenvalue weighted by molar-refractivity contribution is 7.20. The van der Waals surface area contributed by atoms with Crippen LogP contribution in [0.5, 0.6) is 0 Å². The first-order valence-electron chi connectivity index (χ1n) is 8.25. The van der Waals surface area contributed by atoms with E-state index in [4.69, 9.17) is 0 Å². The van der Waals surface area contributed by atoms with E-state index in [-0.39, 0.29) is 17.9 Å². The molecule has 1 amide bonds. The molecule has 1 fully saturated rings. The van der Waals surface area contributed by atoms with Crippen molar-refractivity contribution in [1.82, 2.24) is 29.3 Å². The number of aryl methyl sites for hydroxylation is 2. The van der Waals surface area contributed by atoms with Crippen molar-refractivity contribution in [1.29, 1.82) is 0 Å². The fourth-order valence-corrected chi connectivity index (χ4v) is 4.34. The summed E-state index contributed by atoms with van der Waals surface area (Å²) in [7, 11) is 3.80. The first kappa shape index (κ1) is 16.1. The van der Waals surface area contributed by atoms with Crippen LogP contribution in [0.4, 0.5) is 5.13 Å². The van der Waals surface area contributed by atoms with E-state index in [0.29, 0.717) is 13.0 Å². The van der Waals surface area contributed by atoms with Gasteiger partial charge in [0.15, 0.2) is 0 Å². The van der Waals surface area contributed by atoms with Crippen LogP contribution in [0.25, 0.3) is 4.96 Å². The second-order valence-corrected chi connectivity index (χ2v) is 7.58. The van der Waals surface area contributed by atoms with Crippen molar-refractivity contribution in [3.8, 4) is 0 Å². The van der Waals surface area contributed by atoms with Crippen LogP contribution in [0, 0.1) is 19.8 Å². The van der Waals surface area contributed by atoms with Crippen LogP contribution in [0.15, 0.2) is 12.4 Å². The molecular formula is C16H21N7OS. The first-order valence-corrected chi connectivity index (χ1v) is 9.06. The Morgan fingerprint density at radius 1 is 1.36 bits per heavy atom. The molecule has 0 saturated carbocycles. The highest BCUT2D eigenvalue weighted by Crippen LogP contribution is 2.38. The third-order valence-corrected chi connectivity index (χ3v) is 5.85. The highest BCUT2D eigenvalue weighted by atomic mass is 32.1. The molecule has 2 atom stereocenters. The minimum Gasteiger partial charge on any atom is -0.360 e. The molecule has 0 unspecified atom stereocenters. The van der Waals surface area contributed by atoms with Crippen molar-refractivity contribution in [2.75, 3.05) is 18.9 Å². The highest BCUT2D eigenvalue weighted by Gasteiger charge is 2.39. The van der Waals surface area contributed by atoms with Crippen molar-refractivity contribution < 1.29 is 4.79 Å². The molecule has 25 heavy (non-hydrogen) atoms. The second kappa shape index (κ2) is 5.83. The van der Waals surface area contributed by atoms with E-state index in [1.54, 1.807) is 4.52 Å². The molecule has 0 aliphatic carbocycles. The lowest BCUT2D eigenvalue weighted by atomic mass is 9.94. The summed E-state index contributed by atoms with van der Waals surface area (Å²) in [4.78, 5) is 19.4. The van der Waals surface area contributed by atoms with Crippen LogP contribution in [-0.2, 0) is 11.8 Å². The lowest BCUT2D eigenvalue weighted by Crippen LogP contribution is -2.27. The number of rotatable bonds is 4. The number of aromatic nitrogens is 5. The van der Waals surface area contributed by atoms with E-state index in [2.05, 4.69) is 20.5 Å². The Hall–Kier alpha value is -2.42. The summed E-state index contributed by atoms with van der Waals surface area (Å²) in [6.07, 6.45) is 4.32. The quantitative estimate of drug-likeness (QED) is 0.768. The van der Waals surface area contributed by atoms with Gasteiger partial charge in [0, 0.05) is 44.2 Å². The lowest BCUT2D eigenvalue weighted by Gasteiger charge is -2.25. The lowest BCUT2D eigenvalue weighted by molar-refractivity contribution is -0.127. The van der Waals surface area contributed by atoms with Gasteiger partial charge >= 0.3 is 0 Å². The van der Waals surface area contributed by atoms with E-state index in [9.17, 15) is 4.79 Å². The number of carbonyl (C=O) groups excluding carboxylic acids is 1. The zero-order valence-corrected chi connectivity index (χ0v) is 15.5. The third kappa shape index (κ3) is 2.68. The van der Waals surface area contributed by atoms with E-state index in [1.165, 1.54) is 11.3 Å². The molecule has 1 N–H and O–H groups in total. The zero-order chi connectivity index (χ0) is 17.7.